The van der Waals surface area contributed by atoms with Gasteiger partial charge in [-0.3, -0.25) is 0 Å². The molecule has 0 amide bonds. The van der Waals surface area contributed by atoms with Gasteiger partial charge in [0.05, 0.1) is 11.8 Å². The van der Waals surface area contributed by atoms with Crippen LogP contribution < -0.4 is 10.5 Å². The van der Waals surface area contributed by atoms with Crippen LogP contribution in [0.5, 0.6) is 5.75 Å². The van der Waals surface area contributed by atoms with E-state index < -0.39 is 0 Å². The van der Waals surface area contributed by atoms with Crippen LogP contribution in [0.1, 0.15) is 13.8 Å². The number of hydrogen-bond donors (Lipinski definition) is 1. The van der Waals surface area contributed by atoms with Crippen LogP contribution in [0.25, 0.3) is 11.1 Å². The van der Waals surface area contributed by atoms with E-state index in [1.807, 2.05) is 56.3 Å². The number of hydrogen-bond acceptors (Lipinski definition) is 2. The fourth-order valence-corrected chi connectivity index (χ4v) is 2.02. The Labute approximate surface area is 112 Å². The van der Waals surface area contributed by atoms with Crippen LogP contribution in [0.4, 0.5) is 5.69 Å². The van der Waals surface area contributed by atoms with Crippen molar-refractivity contribution >= 4 is 17.3 Å². The van der Waals surface area contributed by atoms with Crippen LogP contribution in [0.2, 0.25) is 5.02 Å². The van der Waals surface area contributed by atoms with Crippen molar-refractivity contribution in [1.82, 2.24) is 0 Å². The molecule has 2 aromatic rings. The number of anilines is 1. The summed E-state index contributed by atoms with van der Waals surface area (Å²) in [7, 11) is 0. The lowest BCUT2D eigenvalue weighted by molar-refractivity contribution is 0.244. The van der Waals surface area contributed by atoms with Crippen LogP contribution in [0.15, 0.2) is 42.5 Å². The second kappa shape index (κ2) is 5.32. The molecule has 2 rings (SSSR count). The van der Waals surface area contributed by atoms with Crippen molar-refractivity contribution in [3.05, 3.63) is 47.5 Å². The summed E-state index contributed by atoms with van der Waals surface area (Å²) in [6, 6.07) is 13.4. The Morgan fingerprint density at radius 1 is 1.11 bits per heavy atom. The molecule has 0 aliphatic heterocycles. The van der Waals surface area contributed by atoms with E-state index in [0.29, 0.717) is 11.4 Å². The third-order valence-electron chi connectivity index (χ3n) is 2.56. The first-order valence-electron chi connectivity index (χ1n) is 5.89. The average molecular weight is 262 g/mol. The minimum absolute atomic E-state index is 0.110. The molecule has 0 aromatic heterocycles. The SMILES string of the molecule is CC(C)Oc1ccc(-c2ccccc2Cl)cc1N. The molecular weight excluding hydrogens is 246 g/mol. The highest BCUT2D eigenvalue weighted by molar-refractivity contribution is 6.33. The van der Waals surface area contributed by atoms with Crippen LogP contribution in [-0.2, 0) is 0 Å². The lowest BCUT2D eigenvalue weighted by Gasteiger charge is -2.13. The second-order valence-electron chi connectivity index (χ2n) is 4.40. The average Bonchev–Trinajstić information content (AvgIpc) is 2.32. The summed E-state index contributed by atoms with van der Waals surface area (Å²) in [5, 5.41) is 0.717. The van der Waals surface area contributed by atoms with E-state index in [2.05, 4.69) is 0 Å². The van der Waals surface area contributed by atoms with Crippen molar-refractivity contribution in [1.29, 1.82) is 0 Å². The predicted molar refractivity (Wildman–Crippen MR) is 77.1 cm³/mol. The topological polar surface area (TPSA) is 35.2 Å². The Morgan fingerprint density at radius 2 is 1.83 bits per heavy atom. The molecule has 2 aromatic carbocycles. The van der Waals surface area contributed by atoms with Gasteiger partial charge in [-0.1, -0.05) is 35.9 Å². The van der Waals surface area contributed by atoms with E-state index in [9.17, 15) is 0 Å². The highest BCUT2D eigenvalue weighted by Crippen LogP contribution is 2.32. The van der Waals surface area contributed by atoms with Gasteiger partial charge in [0.2, 0.25) is 0 Å². The maximum atomic E-state index is 6.16. The van der Waals surface area contributed by atoms with Gasteiger partial charge < -0.3 is 10.5 Å². The Bertz CT molecular complexity index is 552. The molecule has 0 heterocycles. The largest absolute Gasteiger partial charge is 0.489 e. The first-order valence-corrected chi connectivity index (χ1v) is 6.27. The van der Waals surface area contributed by atoms with Gasteiger partial charge in [-0.15, -0.1) is 0 Å². The van der Waals surface area contributed by atoms with E-state index >= 15 is 0 Å². The molecule has 0 saturated heterocycles. The van der Waals surface area contributed by atoms with Crippen LogP contribution in [0, 0.1) is 0 Å². The van der Waals surface area contributed by atoms with Gasteiger partial charge in [0.1, 0.15) is 5.75 Å². The standard InChI is InChI=1S/C15H16ClNO/c1-10(2)18-15-8-7-11(9-14(15)17)12-5-3-4-6-13(12)16/h3-10H,17H2,1-2H3. The van der Waals surface area contributed by atoms with Gasteiger partial charge in [0.25, 0.3) is 0 Å². The second-order valence-corrected chi connectivity index (χ2v) is 4.81. The summed E-state index contributed by atoms with van der Waals surface area (Å²) in [6.07, 6.45) is 0.110. The predicted octanol–water partition coefficient (Wildman–Crippen LogP) is 4.38. The number of halogens is 1. The summed E-state index contributed by atoms with van der Waals surface area (Å²) in [5.41, 5.74) is 8.58. The number of rotatable bonds is 3. The zero-order valence-electron chi connectivity index (χ0n) is 10.5. The molecule has 0 aliphatic rings. The zero-order chi connectivity index (χ0) is 13.1. The third-order valence-corrected chi connectivity index (χ3v) is 2.89. The summed E-state index contributed by atoms with van der Waals surface area (Å²) < 4.78 is 5.61. The number of benzene rings is 2. The van der Waals surface area contributed by atoms with Gasteiger partial charge in [0, 0.05) is 10.6 Å². The molecule has 0 bridgehead atoms. The molecule has 0 saturated carbocycles. The minimum Gasteiger partial charge on any atom is -0.489 e. The molecule has 0 radical (unpaired) electrons. The molecular formula is C15H16ClNO. The van der Waals surface area contributed by atoms with Crippen molar-refractivity contribution in [2.75, 3.05) is 5.73 Å². The Morgan fingerprint density at radius 3 is 2.44 bits per heavy atom. The summed E-state index contributed by atoms with van der Waals surface area (Å²) >= 11 is 6.16. The van der Waals surface area contributed by atoms with Gasteiger partial charge in [-0.2, -0.15) is 0 Å². The molecule has 0 spiro atoms. The fourth-order valence-electron chi connectivity index (χ4n) is 1.77. The van der Waals surface area contributed by atoms with Crippen LogP contribution >= 0.6 is 11.6 Å². The van der Waals surface area contributed by atoms with Crippen LogP contribution in [0.3, 0.4) is 0 Å². The first-order chi connectivity index (χ1) is 8.58. The van der Waals surface area contributed by atoms with Gasteiger partial charge in [-0.05, 0) is 37.6 Å². The number of nitrogen functional groups attached to an aromatic ring is 1. The fraction of sp³-hybridized carbons (Fsp3) is 0.200. The molecule has 2 nitrogen and oxygen atoms in total. The molecule has 3 heteroatoms. The number of ether oxygens (including phenoxy) is 1. The van der Waals surface area contributed by atoms with E-state index in [1.54, 1.807) is 0 Å². The molecule has 2 N–H and O–H groups in total. The maximum absolute atomic E-state index is 6.16. The highest BCUT2D eigenvalue weighted by atomic mass is 35.5. The van der Waals surface area contributed by atoms with Gasteiger partial charge >= 0.3 is 0 Å². The van der Waals surface area contributed by atoms with E-state index in [0.717, 1.165) is 16.1 Å². The van der Waals surface area contributed by atoms with Crippen molar-refractivity contribution < 1.29 is 4.74 Å². The normalized spacial score (nSPS) is 10.7. The quantitative estimate of drug-likeness (QED) is 0.833. The summed E-state index contributed by atoms with van der Waals surface area (Å²) in [5.74, 6) is 0.709. The molecule has 0 atom stereocenters. The van der Waals surface area contributed by atoms with Gasteiger partial charge in [-0.25, -0.2) is 0 Å². The molecule has 18 heavy (non-hydrogen) atoms. The molecule has 0 fully saturated rings. The van der Waals surface area contributed by atoms with E-state index in [4.69, 9.17) is 22.1 Å². The zero-order valence-corrected chi connectivity index (χ0v) is 11.2. The van der Waals surface area contributed by atoms with Crippen molar-refractivity contribution in [2.24, 2.45) is 0 Å². The molecule has 0 unspecified atom stereocenters. The van der Waals surface area contributed by atoms with Crippen molar-refractivity contribution in [3.8, 4) is 16.9 Å². The highest BCUT2D eigenvalue weighted by Gasteiger charge is 2.07. The Hall–Kier alpha value is -1.67. The third kappa shape index (κ3) is 2.77. The number of nitrogens with two attached hydrogens (primary N) is 1. The molecule has 94 valence electrons. The summed E-state index contributed by atoms with van der Waals surface area (Å²) in [4.78, 5) is 0. The van der Waals surface area contributed by atoms with Crippen LogP contribution in [-0.4, -0.2) is 6.10 Å². The van der Waals surface area contributed by atoms with Gasteiger partial charge in [0.15, 0.2) is 0 Å². The minimum atomic E-state index is 0.110. The van der Waals surface area contributed by atoms with Crippen molar-refractivity contribution in [3.63, 3.8) is 0 Å². The van der Waals surface area contributed by atoms with Crippen molar-refractivity contribution in [2.45, 2.75) is 20.0 Å². The lowest BCUT2D eigenvalue weighted by atomic mass is 10.0. The van der Waals surface area contributed by atoms with E-state index in [-0.39, 0.29) is 6.10 Å². The summed E-state index contributed by atoms with van der Waals surface area (Å²) in [6.45, 7) is 3.95. The molecule has 0 aliphatic carbocycles. The Balaban J connectivity index is 2.38. The maximum Gasteiger partial charge on any atom is 0.142 e. The lowest BCUT2D eigenvalue weighted by Crippen LogP contribution is -2.07. The first kappa shape index (κ1) is 12.8. The van der Waals surface area contributed by atoms with E-state index in [1.165, 1.54) is 0 Å². The Kier molecular flexibility index (Phi) is 3.78. The smallest absolute Gasteiger partial charge is 0.142 e. The monoisotopic (exact) mass is 261 g/mol.